The topological polar surface area (TPSA) is 26.0 Å². The Balaban J connectivity index is 2.26. The molecule has 0 radical (unpaired) electrons. The average molecular weight is 256 g/mol. The highest BCUT2D eigenvalue weighted by atomic mass is 35.5. The van der Waals surface area contributed by atoms with Crippen molar-refractivity contribution < 1.29 is 0 Å². The predicted molar refractivity (Wildman–Crippen MR) is 73.2 cm³/mol. The molecule has 0 aliphatic carbocycles. The first-order valence-electron chi connectivity index (χ1n) is 5.68. The van der Waals surface area contributed by atoms with Crippen LogP contribution in [0.5, 0.6) is 0 Å². The van der Waals surface area contributed by atoms with Gasteiger partial charge in [0.05, 0.1) is 0 Å². The zero-order chi connectivity index (χ0) is 11.8. The summed E-state index contributed by atoms with van der Waals surface area (Å²) in [5.41, 5.74) is 8.65. The van der Waals surface area contributed by atoms with Gasteiger partial charge < -0.3 is 5.73 Å². The van der Waals surface area contributed by atoms with Crippen LogP contribution in [0.1, 0.15) is 36.9 Å². The first kappa shape index (κ1) is 12.3. The van der Waals surface area contributed by atoms with Gasteiger partial charge in [-0.3, -0.25) is 0 Å². The molecule has 1 heterocycles. The first-order valence-corrected chi connectivity index (χ1v) is 7.05. The van der Waals surface area contributed by atoms with Crippen LogP contribution >= 0.6 is 23.4 Å². The fourth-order valence-electron chi connectivity index (χ4n) is 2.20. The number of hydrogen-bond acceptors (Lipinski definition) is 2. The van der Waals surface area contributed by atoms with Gasteiger partial charge in [-0.25, -0.2) is 0 Å². The highest BCUT2D eigenvalue weighted by Gasteiger charge is 2.36. The van der Waals surface area contributed by atoms with Crippen LogP contribution in [-0.4, -0.2) is 10.5 Å². The van der Waals surface area contributed by atoms with Crippen molar-refractivity contribution >= 4 is 23.4 Å². The van der Waals surface area contributed by atoms with Gasteiger partial charge in [0.25, 0.3) is 0 Å². The third kappa shape index (κ3) is 2.24. The van der Waals surface area contributed by atoms with Crippen molar-refractivity contribution in [1.29, 1.82) is 0 Å². The molecule has 2 rings (SSSR count). The van der Waals surface area contributed by atoms with E-state index < -0.39 is 0 Å². The van der Waals surface area contributed by atoms with Gasteiger partial charge in [0.15, 0.2) is 0 Å². The molecule has 88 valence electrons. The summed E-state index contributed by atoms with van der Waals surface area (Å²) in [6.07, 6.45) is 2.47. The highest BCUT2D eigenvalue weighted by Crippen LogP contribution is 2.45. The summed E-state index contributed by atoms with van der Waals surface area (Å²) < 4.78 is 0.179. The minimum atomic E-state index is 0.0816. The molecule has 1 nitrogen and oxygen atoms in total. The molecule has 1 aliphatic heterocycles. The molecule has 1 fully saturated rings. The molecule has 16 heavy (non-hydrogen) atoms. The van der Waals surface area contributed by atoms with Crippen molar-refractivity contribution in [2.45, 2.75) is 37.5 Å². The van der Waals surface area contributed by atoms with E-state index in [-0.39, 0.29) is 10.8 Å². The Morgan fingerprint density at radius 2 is 2.25 bits per heavy atom. The maximum Gasteiger partial charge on any atom is 0.0442 e. The van der Waals surface area contributed by atoms with E-state index in [4.69, 9.17) is 17.3 Å². The summed E-state index contributed by atoms with van der Waals surface area (Å²) in [5, 5.41) is 0.819. The fourth-order valence-corrected chi connectivity index (χ4v) is 3.75. The number of benzene rings is 1. The molecule has 3 heteroatoms. The Labute approximate surface area is 107 Å². The Bertz CT molecular complexity index is 386. The first-order chi connectivity index (χ1) is 7.53. The lowest BCUT2D eigenvalue weighted by atomic mass is 9.91. The molecule has 1 aromatic rings. The normalized spacial score (nSPS) is 27.0. The van der Waals surface area contributed by atoms with Gasteiger partial charge in [0, 0.05) is 15.8 Å². The van der Waals surface area contributed by atoms with Crippen LogP contribution in [0.25, 0.3) is 0 Å². The summed E-state index contributed by atoms with van der Waals surface area (Å²) in [7, 11) is 0. The highest BCUT2D eigenvalue weighted by molar-refractivity contribution is 8.00. The van der Waals surface area contributed by atoms with E-state index in [2.05, 4.69) is 19.1 Å². The number of halogens is 1. The van der Waals surface area contributed by atoms with E-state index in [1.807, 2.05) is 24.8 Å². The lowest BCUT2D eigenvalue weighted by molar-refractivity contribution is 0.502. The van der Waals surface area contributed by atoms with E-state index in [1.54, 1.807) is 0 Å². The Kier molecular flexibility index (Phi) is 3.53. The van der Waals surface area contributed by atoms with Crippen LogP contribution < -0.4 is 5.73 Å². The van der Waals surface area contributed by atoms with Crippen molar-refractivity contribution in [3.05, 3.63) is 34.3 Å². The molecule has 0 bridgehead atoms. The van der Waals surface area contributed by atoms with Gasteiger partial charge in [-0.2, -0.15) is 11.8 Å². The minimum absolute atomic E-state index is 0.0816. The van der Waals surface area contributed by atoms with Gasteiger partial charge in [0.1, 0.15) is 0 Å². The summed E-state index contributed by atoms with van der Waals surface area (Å²) in [6.45, 7) is 4.28. The third-order valence-corrected chi connectivity index (χ3v) is 5.48. The number of hydrogen-bond donors (Lipinski definition) is 1. The SMILES string of the molecule is Cc1ccc(C(N)C2(C)CCCS2)cc1Cl. The summed E-state index contributed by atoms with van der Waals surface area (Å²) in [5.74, 6) is 1.23. The predicted octanol–water partition coefficient (Wildman–Crippen LogP) is 3.93. The van der Waals surface area contributed by atoms with Gasteiger partial charge in [-0.15, -0.1) is 0 Å². The largest absolute Gasteiger partial charge is 0.323 e. The zero-order valence-corrected chi connectivity index (χ0v) is 11.4. The van der Waals surface area contributed by atoms with Crippen LogP contribution in [0.15, 0.2) is 18.2 Å². The van der Waals surface area contributed by atoms with Crippen LogP contribution in [0.2, 0.25) is 5.02 Å². The van der Waals surface area contributed by atoms with Crippen molar-refractivity contribution in [2.75, 3.05) is 5.75 Å². The molecule has 1 aromatic carbocycles. The van der Waals surface area contributed by atoms with Crippen molar-refractivity contribution in [3.63, 3.8) is 0 Å². The van der Waals surface area contributed by atoms with E-state index in [1.165, 1.54) is 18.6 Å². The molecule has 1 aliphatic rings. The molecule has 2 unspecified atom stereocenters. The molecule has 1 saturated heterocycles. The second-order valence-electron chi connectivity index (χ2n) is 4.75. The van der Waals surface area contributed by atoms with E-state index in [0.717, 1.165) is 16.1 Å². The molecule has 0 aromatic heterocycles. The standard InChI is InChI=1S/C13H18ClNS/c1-9-4-5-10(8-11(9)14)12(15)13(2)6-3-7-16-13/h4-5,8,12H,3,6-7,15H2,1-2H3. The van der Waals surface area contributed by atoms with E-state index in [9.17, 15) is 0 Å². The lowest BCUT2D eigenvalue weighted by Gasteiger charge is -2.30. The molecular weight excluding hydrogens is 238 g/mol. The summed E-state index contributed by atoms with van der Waals surface area (Å²) in [6, 6.07) is 6.26. The van der Waals surface area contributed by atoms with Gasteiger partial charge in [-0.05, 0) is 49.6 Å². The Morgan fingerprint density at radius 3 is 2.81 bits per heavy atom. The van der Waals surface area contributed by atoms with Gasteiger partial charge in [0.2, 0.25) is 0 Å². The second-order valence-corrected chi connectivity index (χ2v) is 6.79. The second kappa shape index (κ2) is 4.59. The van der Waals surface area contributed by atoms with Crippen LogP contribution in [-0.2, 0) is 0 Å². The molecule has 2 N–H and O–H groups in total. The minimum Gasteiger partial charge on any atom is -0.323 e. The van der Waals surface area contributed by atoms with Crippen molar-refractivity contribution in [3.8, 4) is 0 Å². The maximum atomic E-state index is 6.37. The molecule has 2 atom stereocenters. The van der Waals surface area contributed by atoms with Gasteiger partial charge >= 0.3 is 0 Å². The zero-order valence-electron chi connectivity index (χ0n) is 9.79. The molecule has 0 saturated carbocycles. The van der Waals surface area contributed by atoms with Gasteiger partial charge in [-0.1, -0.05) is 23.7 Å². The average Bonchev–Trinajstić information content (AvgIpc) is 2.70. The number of aryl methyl sites for hydroxylation is 1. The van der Waals surface area contributed by atoms with Crippen LogP contribution in [0.4, 0.5) is 0 Å². The number of rotatable bonds is 2. The monoisotopic (exact) mass is 255 g/mol. The van der Waals surface area contributed by atoms with E-state index >= 15 is 0 Å². The summed E-state index contributed by atoms with van der Waals surface area (Å²) in [4.78, 5) is 0. The summed E-state index contributed by atoms with van der Waals surface area (Å²) >= 11 is 8.14. The third-order valence-electron chi connectivity index (χ3n) is 3.46. The molecule has 0 spiro atoms. The van der Waals surface area contributed by atoms with Crippen molar-refractivity contribution in [1.82, 2.24) is 0 Å². The number of thioether (sulfide) groups is 1. The van der Waals surface area contributed by atoms with Crippen molar-refractivity contribution in [2.24, 2.45) is 5.73 Å². The fraction of sp³-hybridized carbons (Fsp3) is 0.538. The van der Waals surface area contributed by atoms with Crippen LogP contribution in [0.3, 0.4) is 0 Å². The Hall–Kier alpha value is -0.180. The molecule has 0 amide bonds. The maximum absolute atomic E-state index is 6.37. The quantitative estimate of drug-likeness (QED) is 0.867. The molecular formula is C13H18ClNS. The van der Waals surface area contributed by atoms with Crippen LogP contribution in [0, 0.1) is 6.92 Å². The van der Waals surface area contributed by atoms with E-state index in [0.29, 0.717) is 0 Å². The smallest absolute Gasteiger partial charge is 0.0442 e. The number of nitrogens with two attached hydrogens (primary N) is 1. The Morgan fingerprint density at radius 1 is 1.50 bits per heavy atom. The lowest BCUT2D eigenvalue weighted by Crippen LogP contribution is -2.33.